The first-order chi connectivity index (χ1) is 9.90. The van der Waals surface area contributed by atoms with E-state index < -0.39 is 28.4 Å². The molecule has 1 unspecified atom stereocenters. The monoisotopic (exact) mass is 300 g/mol. The summed E-state index contributed by atoms with van der Waals surface area (Å²) in [6.45, 7) is 1.91. The van der Waals surface area contributed by atoms with Crippen LogP contribution < -0.4 is 10.1 Å². The van der Waals surface area contributed by atoms with Crippen molar-refractivity contribution in [2.45, 2.75) is 32.2 Å². The second-order valence-electron chi connectivity index (χ2n) is 4.44. The van der Waals surface area contributed by atoms with E-state index in [-0.39, 0.29) is 11.4 Å². The Morgan fingerprint density at radius 2 is 2.24 bits per heavy atom. The fraction of sp³-hybridized carbons (Fsp3) is 0.462. The van der Waals surface area contributed by atoms with Crippen molar-refractivity contribution in [2.75, 3.05) is 12.4 Å². The Hall–Kier alpha value is -2.38. The first kappa shape index (κ1) is 16.7. The number of hydrogen-bond donors (Lipinski definition) is 2. The number of ether oxygens (including phenoxy) is 1. The molecule has 2 N–H and O–H groups in total. The van der Waals surface area contributed by atoms with Crippen molar-refractivity contribution in [3.05, 3.63) is 28.1 Å². The molecule has 1 aromatic rings. The largest absolute Gasteiger partial charge is 0.494 e. The molecular formula is C13H17FN2O5. The molecule has 0 aliphatic carbocycles. The number of halogens is 1. The lowest BCUT2D eigenvalue weighted by molar-refractivity contribution is -0.384. The molecular weight excluding hydrogens is 283 g/mol. The Labute approximate surface area is 120 Å². The third-order valence-electron chi connectivity index (χ3n) is 2.94. The first-order valence-electron chi connectivity index (χ1n) is 6.42. The topological polar surface area (TPSA) is 102 Å². The van der Waals surface area contributed by atoms with Crippen LogP contribution in [0, 0.1) is 15.9 Å². The Kier molecular flexibility index (Phi) is 5.89. The highest BCUT2D eigenvalue weighted by molar-refractivity contribution is 5.79. The van der Waals surface area contributed by atoms with Gasteiger partial charge in [-0.05, 0) is 6.42 Å². The van der Waals surface area contributed by atoms with Gasteiger partial charge in [-0.3, -0.25) is 10.1 Å². The number of nitrogens with one attached hydrogen (secondary N) is 1. The van der Waals surface area contributed by atoms with Gasteiger partial charge in [-0.1, -0.05) is 19.8 Å². The van der Waals surface area contributed by atoms with Gasteiger partial charge in [-0.25, -0.2) is 9.18 Å². The summed E-state index contributed by atoms with van der Waals surface area (Å²) in [5, 5.41) is 22.7. The molecule has 1 rings (SSSR count). The van der Waals surface area contributed by atoms with Gasteiger partial charge in [0.2, 0.25) is 0 Å². The van der Waals surface area contributed by atoms with Gasteiger partial charge in [0, 0.05) is 6.07 Å². The number of nitro benzene ring substituents is 1. The van der Waals surface area contributed by atoms with Gasteiger partial charge in [0.25, 0.3) is 5.69 Å². The Morgan fingerprint density at radius 1 is 1.57 bits per heavy atom. The summed E-state index contributed by atoms with van der Waals surface area (Å²) < 4.78 is 18.3. The Bertz CT molecular complexity index is 536. The quantitative estimate of drug-likeness (QED) is 0.565. The van der Waals surface area contributed by atoms with E-state index in [9.17, 15) is 19.3 Å². The van der Waals surface area contributed by atoms with Crippen LogP contribution in [0.1, 0.15) is 26.2 Å². The zero-order chi connectivity index (χ0) is 16.0. The Morgan fingerprint density at radius 3 is 2.71 bits per heavy atom. The number of carbonyl (C=O) groups is 1. The molecule has 0 spiro atoms. The highest BCUT2D eigenvalue weighted by Gasteiger charge is 2.24. The number of hydrogen-bond acceptors (Lipinski definition) is 5. The molecule has 0 amide bonds. The predicted octanol–water partition coefficient (Wildman–Crippen LogP) is 2.80. The van der Waals surface area contributed by atoms with E-state index in [1.54, 1.807) is 0 Å². The van der Waals surface area contributed by atoms with Crippen LogP contribution in [0.2, 0.25) is 0 Å². The van der Waals surface area contributed by atoms with Gasteiger partial charge in [-0.2, -0.15) is 0 Å². The minimum absolute atomic E-state index is 0.0817. The zero-order valence-corrected chi connectivity index (χ0v) is 11.8. The van der Waals surface area contributed by atoms with Crippen molar-refractivity contribution in [1.29, 1.82) is 0 Å². The summed E-state index contributed by atoms with van der Waals surface area (Å²) in [6.07, 6.45) is 1.75. The predicted molar refractivity (Wildman–Crippen MR) is 74.2 cm³/mol. The van der Waals surface area contributed by atoms with Gasteiger partial charge in [-0.15, -0.1) is 0 Å². The molecule has 0 aliphatic rings. The Balaban J connectivity index is 3.13. The highest BCUT2D eigenvalue weighted by Crippen LogP contribution is 2.32. The molecule has 8 heteroatoms. The van der Waals surface area contributed by atoms with Gasteiger partial charge < -0.3 is 15.2 Å². The molecule has 0 aliphatic heterocycles. The molecule has 0 fully saturated rings. The molecule has 21 heavy (non-hydrogen) atoms. The second kappa shape index (κ2) is 7.41. The molecule has 1 aromatic carbocycles. The second-order valence-corrected chi connectivity index (χ2v) is 4.44. The normalized spacial score (nSPS) is 11.8. The zero-order valence-electron chi connectivity index (χ0n) is 11.8. The molecule has 116 valence electrons. The van der Waals surface area contributed by atoms with E-state index in [1.807, 2.05) is 6.92 Å². The highest BCUT2D eigenvalue weighted by atomic mass is 19.1. The van der Waals surface area contributed by atoms with Gasteiger partial charge >= 0.3 is 5.97 Å². The summed E-state index contributed by atoms with van der Waals surface area (Å²) in [7, 11) is 1.22. The summed E-state index contributed by atoms with van der Waals surface area (Å²) in [5.74, 6) is -2.20. The van der Waals surface area contributed by atoms with Crippen LogP contribution in [-0.2, 0) is 4.79 Å². The number of anilines is 1. The number of unbranched alkanes of at least 4 members (excludes halogenated alkanes) is 1. The fourth-order valence-electron chi connectivity index (χ4n) is 1.82. The number of carboxylic acids is 1. The summed E-state index contributed by atoms with van der Waals surface area (Å²) in [5.41, 5.74) is -0.613. The molecule has 0 saturated heterocycles. The standard InChI is InChI=1S/C13H17FN2O5/c1-3-4-5-9(13(17)18)15-10-7-12(21-2)8(14)6-11(10)16(19)20/h6-7,9,15H,3-5H2,1-2H3,(H,17,18). The van der Waals surface area contributed by atoms with Crippen molar-refractivity contribution >= 4 is 17.3 Å². The van der Waals surface area contributed by atoms with Crippen LogP contribution in [0.5, 0.6) is 5.75 Å². The van der Waals surface area contributed by atoms with Crippen molar-refractivity contribution < 1.29 is 24.0 Å². The van der Waals surface area contributed by atoms with Crippen molar-refractivity contribution in [2.24, 2.45) is 0 Å². The summed E-state index contributed by atoms with van der Waals surface area (Å²) in [6, 6.07) is 0.814. The van der Waals surface area contributed by atoms with Crippen molar-refractivity contribution in [1.82, 2.24) is 0 Å². The average molecular weight is 300 g/mol. The lowest BCUT2D eigenvalue weighted by atomic mass is 10.1. The summed E-state index contributed by atoms with van der Waals surface area (Å²) in [4.78, 5) is 21.4. The van der Waals surface area contributed by atoms with E-state index in [1.165, 1.54) is 7.11 Å². The van der Waals surface area contributed by atoms with Crippen LogP contribution in [0.3, 0.4) is 0 Å². The molecule has 1 atom stereocenters. The molecule has 7 nitrogen and oxygen atoms in total. The van der Waals surface area contributed by atoms with Crippen LogP contribution >= 0.6 is 0 Å². The molecule has 0 aromatic heterocycles. The first-order valence-corrected chi connectivity index (χ1v) is 6.42. The number of carboxylic acid groups (broad SMARTS) is 1. The smallest absolute Gasteiger partial charge is 0.326 e. The average Bonchev–Trinajstić information content (AvgIpc) is 2.43. The fourth-order valence-corrected chi connectivity index (χ4v) is 1.82. The van der Waals surface area contributed by atoms with Crippen LogP contribution in [-0.4, -0.2) is 29.2 Å². The molecule has 0 bridgehead atoms. The van der Waals surface area contributed by atoms with Gasteiger partial charge in [0.1, 0.15) is 11.7 Å². The third-order valence-corrected chi connectivity index (χ3v) is 2.94. The maximum Gasteiger partial charge on any atom is 0.326 e. The number of nitrogens with zero attached hydrogens (tertiary/aromatic N) is 1. The van der Waals surface area contributed by atoms with Crippen LogP contribution in [0.25, 0.3) is 0 Å². The third kappa shape index (κ3) is 4.30. The number of aliphatic carboxylic acids is 1. The van der Waals surface area contributed by atoms with E-state index in [2.05, 4.69) is 5.32 Å². The van der Waals surface area contributed by atoms with Crippen LogP contribution in [0.15, 0.2) is 12.1 Å². The minimum Gasteiger partial charge on any atom is -0.494 e. The van der Waals surface area contributed by atoms with E-state index in [0.717, 1.165) is 12.5 Å². The van der Waals surface area contributed by atoms with Crippen molar-refractivity contribution in [3.8, 4) is 5.75 Å². The number of nitro groups is 1. The summed E-state index contributed by atoms with van der Waals surface area (Å²) >= 11 is 0. The van der Waals surface area contributed by atoms with E-state index >= 15 is 0 Å². The molecule has 0 saturated carbocycles. The van der Waals surface area contributed by atoms with E-state index in [4.69, 9.17) is 9.84 Å². The molecule has 0 heterocycles. The van der Waals surface area contributed by atoms with Crippen LogP contribution in [0.4, 0.5) is 15.8 Å². The number of rotatable bonds is 8. The number of benzene rings is 1. The lowest BCUT2D eigenvalue weighted by Crippen LogP contribution is -2.29. The van der Waals surface area contributed by atoms with Gasteiger partial charge in [0.15, 0.2) is 11.6 Å². The maximum atomic E-state index is 13.5. The van der Waals surface area contributed by atoms with Gasteiger partial charge in [0.05, 0.1) is 18.1 Å². The maximum absolute atomic E-state index is 13.5. The van der Waals surface area contributed by atoms with E-state index in [0.29, 0.717) is 18.9 Å². The SMILES string of the molecule is CCCCC(Nc1cc(OC)c(F)cc1[N+](=O)[O-])C(=O)O. The molecule has 0 radical (unpaired) electrons. The van der Waals surface area contributed by atoms with Crippen molar-refractivity contribution in [3.63, 3.8) is 0 Å². The minimum atomic E-state index is -1.12. The lowest BCUT2D eigenvalue weighted by Gasteiger charge is -2.16. The number of methoxy groups -OCH3 is 1.